The molecule has 0 saturated carbocycles. The summed E-state index contributed by atoms with van der Waals surface area (Å²) in [5.74, 6) is 0.370. The molecule has 1 fully saturated rings. The average Bonchev–Trinajstić information content (AvgIpc) is 1.69. The van der Waals surface area contributed by atoms with Gasteiger partial charge in [-0.05, 0) is 12.8 Å². The van der Waals surface area contributed by atoms with Crippen LogP contribution in [0.2, 0.25) is 0 Å². The van der Waals surface area contributed by atoms with Crippen LogP contribution in [0.25, 0.3) is 5.32 Å². The molecule has 1 saturated heterocycles. The Morgan fingerprint density at radius 3 is 2.00 bits per heavy atom. The van der Waals surface area contributed by atoms with Crippen molar-refractivity contribution in [2.45, 2.75) is 12.8 Å². The Morgan fingerprint density at radius 1 is 1.25 bits per heavy atom. The summed E-state index contributed by atoms with van der Waals surface area (Å²) < 4.78 is 0. The second-order valence-electron chi connectivity index (χ2n) is 1.71. The summed E-state index contributed by atoms with van der Waals surface area (Å²) >= 11 is 0. The van der Waals surface area contributed by atoms with E-state index in [9.17, 15) is 4.79 Å². The zero-order chi connectivity index (χ0) is 5.11. The number of rotatable bonds is 0. The van der Waals surface area contributed by atoms with Gasteiger partial charge < -0.3 is 5.32 Å². The summed E-state index contributed by atoms with van der Waals surface area (Å²) in [5.41, 5.74) is 0. The van der Waals surface area contributed by atoms with E-state index in [1.54, 1.807) is 0 Å². The minimum absolute atomic E-state index is 0. The second kappa shape index (κ2) is 4.60. The van der Waals surface area contributed by atoms with Gasteiger partial charge in [-0.25, -0.2) is 0 Å². The molecule has 3 heteroatoms. The molecule has 43 valence electrons. The van der Waals surface area contributed by atoms with E-state index in [2.05, 4.69) is 5.32 Å². The minimum atomic E-state index is 0. The Labute approximate surface area is 74.3 Å². The van der Waals surface area contributed by atoms with Crippen molar-refractivity contribution in [2.24, 2.45) is 0 Å². The van der Waals surface area contributed by atoms with Crippen LogP contribution < -0.4 is 0 Å². The molecule has 0 aliphatic carbocycles. The molecule has 0 aromatic carbocycles. The first-order valence-electron chi connectivity index (χ1n) is 2.54. The number of nitrogens with zero attached hydrogens (tertiary/aromatic N) is 1. The van der Waals surface area contributed by atoms with Gasteiger partial charge in [0.1, 0.15) is 5.78 Å². The molecule has 1 heterocycles. The number of hydrogen-bond donors (Lipinski definition) is 0. The quantitative estimate of drug-likeness (QED) is 0.549. The third-order valence-corrected chi connectivity index (χ3v) is 1.10. The second-order valence-corrected chi connectivity index (χ2v) is 1.71. The van der Waals surface area contributed by atoms with Crippen molar-refractivity contribution < 1.29 is 37.5 Å². The fraction of sp³-hybridized carbons (Fsp3) is 0.800. The first kappa shape index (κ1) is 8.73. The Kier molecular flexibility index (Phi) is 5.02. The summed E-state index contributed by atoms with van der Waals surface area (Å²) in [6.07, 6.45) is 1.36. The predicted molar refractivity (Wildman–Crippen MR) is 27.3 cm³/mol. The van der Waals surface area contributed by atoms with Crippen LogP contribution in [0, 0.1) is 0 Å². The predicted octanol–water partition coefficient (Wildman–Crippen LogP) is 0.721. The molecule has 1 aliphatic heterocycles. The Morgan fingerprint density at radius 2 is 1.75 bits per heavy atom. The van der Waals surface area contributed by atoms with E-state index in [1.807, 2.05) is 0 Å². The van der Waals surface area contributed by atoms with E-state index in [0.717, 1.165) is 13.1 Å². The molecule has 0 unspecified atom stereocenters. The van der Waals surface area contributed by atoms with Gasteiger partial charge in [-0.2, -0.15) is 0 Å². The maximum absolute atomic E-state index is 10.4. The standard InChI is InChI=1S/C5H8NO.Y/c7-5-1-3-6-4-2-5;/h1-4H2;/q-1;. The van der Waals surface area contributed by atoms with E-state index in [0.29, 0.717) is 18.6 Å². The van der Waals surface area contributed by atoms with E-state index >= 15 is 0 Å². The fourth-order valence-corrected chi connectivity index (χ4v) is 0.644. The number of hydrogen-bond acceptors (Lipinski definition) is 1. The maximum Gasteiger partial charge on any atom is 0.129 e. The zero-order valence-electron chi connectivity index (χ0n) is 4.76. The third kappa shape index (κ3) is 2.90. The van der Waals surface area contributed by atoms with Gasteiger partial charge in [-0.15, -0.1) is 13.1 Å². The molecule has 0 spiro atoms. The van der Waals surface area contributed by atoms with Crippen molar-refractivity contribution in [3.63, 3.8) is 0 Å². The first-order chi connectivity index (χ1) is 3.39. The molecule has 1 radical (unpaired) electrons. The number of carbonyl (C=O) groups is 1. The largest absolute Gasteiger partial charge is 0.662 e. The van der Waals surface area contributed by atoms with Crippen molar-refractivity contribution in [3.8, 4) is 0 Å². The van der Waals surface area contributed by atoms with Crippen LogP contribution in [-0.4, -0.2) is 18.9 Å². The summed E-state index contributed by atoms with van der Waals surface area (Å²) in [4.78, 5) is 10.4. The summed E-state index contributed by atoms with van der Waals surface area (Å²) in [6.45, 7) is 1.53. The molecule has 2 nitrogen and oxygen atoms in total. The van der Waals surface area contributed by atoms with Crippen molar-refractivity contribution in [3.05, 3.63) is 5.32 Å². The van der Waals surface area contributed by atoms with E-state index in [4.69, 9.17) is 0 Å². The smallest absolute Gasteiger partial charge is 0.129 e. The average molecular weight is 187 g/mol. The number of carbonyl (C=O) groups excluding carboxylic acids is 1. The SMILES string of the molecule is O=C1CC[N-]CC1.[Y]. The van der Waals surface area contributed by atoms with Crippen molar-refractivity contribution >= 4 is 5.78 Å². The van der Waals surface area contributed by atoms with E-state index in [-0.39, 0.29) is 32.7 Å². The summed E-state index contributed by atoms with van der Waals surface area (Å²) in [7, 11) is 0. The Hall–Kier alpha value is 0.734. The van der Waals surface area contributed by atoms with E-state index in [1.165, 1.54) is 0 Å². The zero-order valence-corrected chi connectivity index (χ0v) is 7.60. The number of Topliss-reactive ketones (excluding diaryl/α,β-unsaturated/α-hetero) is 1. The van der Waals surface area contributed by atoms with Crippen LogP contribution in [0.4, 0.5) is 0 Å². The Balaban J connectivity index is 0.000000490. The van der Waals surface area contributed by atoms with E-state index < -0.39 is 0 Å². The van der Waals surface area contributed by atoms with Crippen LogP contribution in [-0.2, 0) is 37.5 Å². The van der Waals surface area contributed by atoms with Gasteiger partial charge in [0.05, 0.1) is 0 Å². The van der Waals surface area contributed by atoms with Crippen LogP contribution in [0.3, 0.4) is 0 Å². The van der Waals surface area contributed by atoms with Gasteiger partial charge in [-0.3, -0.25) is 4.79 Å². The van der Waals surface area contributed by atoms with Crippen molar-refractivity contribution in [1.29, 1.82) is 0 Å². The van der Waals surface area contributed by atoms with Crippen LogP contribution in [0.5, 0.6) is 0 Å². The van der Waals surface area contributed by atoms with Gasteiger partial charge in [0.2, 0.25) is 0 Å². The molecule has 0 bridgehead atoms. The van der Waals surface area contributed by atoms with Gasteiger partial charge in [0.15, 0.2) is 0 Å². The topological polar surface area (TPSA) is 31.2 Å². The van der Waals surface area contributed by atoms with Gasteiger partial charge in [-0.1, -0.05) is 0 Å². The molecule has 0 atom stereocenters. The minimum Gasteiger partial charge on any atom is -0.662 e. The normalized spacial score (nSPS) is 19.8. The molecule has 0 aromatic rings. The molecule has 0 aromatic heterocycles. The van der Waals surface area contributed by atoms with Gasteiger partial charge in [0.25, 0.3) is 0 Å². The molecular formula is C5H8NOY-. The monoisotopic (exact) mass is 187 g/mol. The Bertz CT molecular complexity index is 76.5. The maximum atomic E-state index is 10.4. The number of ketones is 1. The molecule has 0 amide bonds. The molecule has 1 rings (SSSR count). The van der Waals surface area contributed by atoms with Gasteiger partial charge in [0, 0.05) is 32.7 Å². The summed E-state index contributed by atoms with van der Waals surface area (Å²) in [6, 6.07) is 0. The van der Waals surface area contributed by atoms with Crippen LogP contribution in [0.1, 0.15) is 12.8 Å². The fourth-order valence-electron chi connectivity index (χ4n) is 0.644. The van der Waals surface area contributed by atoms with Crippen molar-refractivity contribution in [1.82, 2.24) is 0 Å². The van der Waals surface area contributed by atoms with Crippen LogP contribution >= 0.6 is 0 Å². The van der Waals surface area contributed by atoms with Crippen LogP contribution in [0.15, 0.2) is 0 Å². The molecule has 8 heavy (non-hydrogen) atoms. The third-order valence-electron chi connectivity index (χ3n) is 1.10. The molecule has 0 N–H and O–H groups in total. The summed E-state index contributed by atoms with van der Waals surface area (Å²) in [5, 5.41) is 4.01. The van der Waals surface area contributed by atoms with Crippen molar-refractivity contribution in [2.75, 3.05) is 13.1 Å². The molecular weight excluding hydrogens is 179 g/mol. The first-order valence-corrected chi connectivity index (χ1v) is 2.54. The number of piperidine rings is 1. The van der Waals surface area contributed by atoms with Gasteiger partial charge >= 0.3 is 0 Å². The molecule has 1 aliphatic rings.